The van der Waals surface area contributed by atoms with Gasteiger partial charge in [0, 0.05) is 45.4 Å². The van der Waals surface area contributed by atoms with Crippen molar-refractivity contribution in [2.45, 2.75) is 6.54 Å². The molecule has 0 atom stereocenters. The molecule has 0 saturated carbocycles. The molecule has 0 aliphatic carbocycles. The highest BCUT2D eigenvalue weighted by molar-refractivity contribution is 6.33. The minimum Gasteiger partial charge on any atom is -0.497 e. The normalized spacial score (nSPS) is 11.0. The molecule has 0 unspecified atom stereocenters. The van der Waals surface area contributed by atoms with E-state index in [0.29, 0.717) is 36.2 Å². The molecule has 2 rings (SSSR count). The van der Waals surface area contributed by atoms with Crippen LogP contribution < -0.4 is 20.1 Å². The van der Waals surface area contributed by atoms with Crippen molar-refractivity contribution in [1.82, 2.24) is 15.5 Å². The van der Waals surface area contributed by atoms with Gasteiger partial charge in [0.1, 0.15) is 11.5 Å². The van der Waals surface area contributed by atoms with Crippen LogP contribution in [0.4, 0.5) is 0 Å². The van der Waals surface area contributed by atoms with E-state index in [9.17, 15) is 4.79 Å². The molecule has 2 N–H and O–H groups in total. The van der Waals surface area contributed by atoms with Crippen LogP contribution >= 0.6 is 11.6 Å². The Bertz CT molecular complexity index is 858. The Morgan fingerprint density at radius 3 is 2.48 bits per heavy atom. The lowest BCUT2D eigenvalue weighted by molar-refractivity contribution is 0.0954. The fourth-order valence-electron chi connectivity index (χ4n) is 2.79. The number of carbonyl (C=O) groups is 1. The van der Waals surface area contributed by atoms with Gasteiger partial charge >= 0.3 is 0 Å². The molecule has 2 aromatic rings. The second-order valence-corrected chi connectivity index (χ2v) is 6.65. The predicted molar refractivity (Wildman–Crippen MR) is 116 cm³/mol. The summed E-state index contributed by atoms with van der Waals surface area (Å²) in [6, 6.07) is 12.7. The molecule has 0 fully saturated rings. The molecule has 0 spiro atoms. The van der Waals surface area contributed by atoms with E-state index in [2.05, 4.69) is 15.6 Å². The number of rotatable bonds is 8. The number of halogens is 1. The first-order valence-electron chi connectivity index (χ1n) is 9.15. The molecule has 0 radical (unpaired) electrons. The van der Waals surface area contributed by atoms with Gasteiger partial charge in [-0.2, -0.15) is 0 Å². The first-order valence-corrected chi connectivity index (χ1v) is 9.53. The van der Waals surface area contributed by atoms with Gasteiger partial charge in [-0.15, -0.1) is 0 Å². The predicted octanol–water partition coefficient (Wildman–Crippen LogP) is 2.79. The van der Waals surface area contributed by atoms with E-state index in [4.69, 9.17) is 21.1 Å². The molecule has 0 heterocycles. The van der Waals surface area contributed by atoms with Crippen LogP contribution in [0.5, 0.6) is 11.5 Å². The third kappa shape index (κ3) is 6.29. The van der Waals surface area contributed by atoms with Gasteiger partial charge < -0.3 is 25.0 Å². The third-order valence-corrected chi connectivity index (χ3v) is 4.62. The van der Waals surface area contributed by atoms with Crippen LogP contribution in [0.15, 0.2) is 47.5 Å². The van der Waals surface area contributed by atoms with Crippen LogP contribution in [0.25, 0.3) is 0 Å². The van der Waals surface area contributed by atoms with Crippen molar-refractivity contribution in [3.63, 3.8) is 0 Å². The fourth-order valence-corrected chi connectivity index (χ4v) is 3.01. The average molecular weight is 419 g/mol. The van der Waals surface area contributed by atoms with Gasteiger partial charge in [-0.1, -0.05) is 23.7 Å². The second-order valence-electron chi connectivity index (χ2n) is 6.24. The number of hydrogen-bond donors (Lipinski definition) is 2. The van der Waals surface area contributed by atoms with Crippen molar-refractivity contribution in [2.24, 2.45) is 4.99 Å². The molecule has 0 aromatic heterocycles. The number of ether oxygens (including phenoxy) is 2. The smallest absolute Gasteiger partial charge is 0.252 e. The van der Waals surface area contributed by atoms with E-state index in [0.717, 1.165) is 17.1 Å². The molecule has 7 nitrogen and oxygen atoms in total. The van der Waals surface area contributed by atoms with Gasteiger partial charge in [-0.3, -0.25) is 9.79 Å². The maximum Gasteiger partial charge on any atom is 0.252 e. The Kier molecular flexibility index (Phi) is 8.61. The van der Waals surface area contributed by atoms with Gasteiger partial charge in [0.25, 0.3) is 5.91 Å². The molecule has 2 aromatic carbocycles. The molecule has 1 amide bonds. The standard InChI is InChI=1S/C21H27ClN4O3/c1-23-21(25-12-11-24-20(27)17-7-5-6-8-18(17)22)26(2)14-15-9-10-16(28-3)13-19(15)29-4/h5-10,13H,11-12,14H2,1-4H3,(H,23,25)(H,24,27). The fraction of sp³-hybridized carbons (Fsp3) is 0.333. The third-order valence-electron chi connectivity index (χ3n) is 4.29. The maximum absolute atomic E-state index is 12.2. The summed E-state index contributed by atoms with van der Waals surface area (Å²) in [6.45, 7) is 1.55. The van der Waals surface area contributed by atoms with E-state index in [1.165, 1.54) is 0 Å². The first kappa shape index (κ1) is 22.4. The number of nitrogens with zero attached hydrogens (tertiary/aromatic N) is 2. The summed E-state index contributed by atoms with van der Waals surface area (Å²) in [5.74, 6) is 1.99. The first-order chi connectivity index (χ1) is 14.0. The maximum atomic E-state index is 12.2. The molecule has 29 heavy (non-hydrogen) atoms. The quantitative estimate of drug-likeness (QED) is 0.391. The van der Waals surface area contributed by atoms with Crippen molar-refractivity contribution in [1.29, 1.82) is 0 Å². The van der Waals surface area contributed by atoms with Crippen LogP contribution in [-0.2, 0) is 6.54 Å². The average Bonchev–Trinajstić information content (AvgIpc) is 2.74. The monoisotopic (exact) mass is 418 g/mol. The molecular formula is C21H27ClN4O3. The van der Waals surface area contributed by atoms with Gasteiger partial charge in [-0.25, -0.2) is 0 Å². The van der Waals surface area contributed by atoms with Gasteiger partial charge in [0.2, 0.25) is 0 Å². The van der Waals surface area contributed by atoms with Crippen molar-refractivity contribution in [3.05, 3.63) is 58.6 Å². The largest absolute Gasteiger partial charge is 0.497 e. The number of guanidine groups is 1. The lowest BCUT2D eigenvalue weighted by Gasteiger charge is -2.23. The summed E-state index contributed by atoms with van der Waals surface area (Å²) in [5.41, 5.74) is 1.47. The summed E-state index contributed by atoms with van der Waals surface area (Å²) in [7, 11) is 6.90. The Balaban J connectivity index is 1.87. The van der Waals surface area contributed by atoms with E-state index in [1.54, 1.807) is 45.5 Å². The van der Waals surface area contributed by atoms with Crippen LogP contribution in [0, 0.1) is 0 Å². The molecule has 0 bridgehead atoms. The summed E-state index contributed by atoms with van der Waals surface area (Å²) in [5, 5.41) is 6.51. The number of amides is 1. The van der Waals surface area contributed by atoms with Crippen molar-refractivity contribution in [3.8, 4) is 11.5 Å². The lowest BCUT2D eigenvalue weighted by Crippen LogP contribution is -2.42. The van der Waals surface area contributed by atoms with Crippen LogP contribution in [0.1, 0.15) is 15.9 Å². The number of aliphatic imine (C=N–C) groups is 1. The van der Waals surface area contributed by atoms with E-state index >= 15 is 0 Å². The van der Waals surface area contributed by atoms with E-state index in [1.807, 2.05) is 30.1 Å². The van der Waals surface area contributed by atoms with Gasteiger partial charge in [-0.05, 0) is 24.3 Å². The minimum absolute atomic E-state index is 0.205. The molecular weight excluding hydrogens is 392 g/mol. The van der Waals surface area contributed by atoms with Crippen molar-refractivity contribution >= 4 is 23.5 Å². The van der Waals surface area contributed by atoms with Crippen molar-refractivity contribution < 1.29 is 14.3 Å². The van der Waals surface area contributed by atoms with Crippen LogP contribution in [0.2, 0.25) is 5.02 Å². The lowest BCUT2D eigenvalue weighted by atomic mass is 10.2. The molecule has 156 valence electrons. The number of methoxy groups -OCH3 is 2. The number of benzene rings is 2. The molecule has 0 aliphatic rings. The van der Waals surface area contributed by atoms with Crippen LogP contribution in [-0.4, -0.2) is 58.2 Å². The summed E-state index contributed by atoms with van der Waals surface area (Å²) in [6.07, 6.45) is 0. The Morgan fingerprint density at radius 1 is 1.10 bits per heavy atom. The van der Waals surface area contributed by atoms with E-state index < -0.39 is 0 Å². The topological polar surface area (TPSA) is 75.2 Å². The zero-order valence-electron chi connectivity index (χ0n) is 17.2. The Morgan fingerprint density at radius 2 is 1.83 bits per heavy atom. The number of carbonyl (C=O) groups excluding carboxylic acids is 1. The van der Waals surface area contributed by atoms with Crippen LogP contribution in [0.3, 0.4) is 0 Å². The highest BCUT2D eigenvalue weighted by Crippen LogP contribution is 2.25. The number of hydrogen-bond acceptors (Lipinski definition) is 4. The number of nitrogens with one attached hydrogen (secondary N) is 2. The minimum atomic E-state index is -0.205. The zero-order chi connectivity index (χ0) is 21.2. The van der Waals surface area contributed by atoms with E-state index in [-0.39, 0.29) is 5.91 Å². The Hall–Kier alpha value is -2.93. The van der Waals surface area contributed by atoms with Crippen molar-refractivity contribution in [2.75, 3.05) is 41.4 Å². The highest BCUT2D eigenvalue weighted by Gasteiger charge is 2.12. The molecule has 8 heteroatoms. The molecule has 0 aliphatic heterocycles. The van der Waals surface area contributed by atoms with Gasteiger partial charge in [0.05, 0.1) is 24.8 Å². The Labute approximate surface area is 176 Å². The SMILES string of the molecule is CN=C(NCCNC(=O)c1ccccc1Cl)N(C)Cc1ccc(OC)cc1OC. The second kappa shape index (κ2) is 11.2. The summed E-state index contributed by atoms with van der Waals surface area (Å²) < 4.78 is 10.7. The summed E-state index contributed by atoms with van der Waals surface area (Å²) >= 11 is 6.05. The summed E-state index contributed by atoms with van der Waals surface area (Å²) in [4.78, 5) is 18.5. The van der Waals surface area contributed by atoms with Gasteiger partial charge in [0.15, 0.2) is 5.96 Å². The highest BCUT2D eigenvalue weighted by atomic mass is 35.5. The molecule has 0 saturated heterocycles. The zero-order valence-corrected chi connectivity index (χ0v) is 17.9.